The van der Waals surface area contributed by atoms with Gasteiger partial charge in [0, 0.05) is 19.6 Å². The van der Waals surface area contributed by atoms with Crippen molar-refractivity contribution in [2.24, 2.45) is 5.92 Å². The zero-order chi connectivity index (χ0) is 9.84. The smallest absolute Gasteiger partial charge is 0.0670 e. The molecule has 1 saturated heterocycles. The first kappa shape index (κ1) is 11.0. The molecule has 1 aliphatic heterocycles. The molecule has 3 nitrogen and oxygen atoms in total. The molecule has 0 aliphatic carbocycles. The summed E-state index contributed by atoms with van der Waals surface area (Å²) in [6.45, 7) is 6.71. The van der Waals surface area contributed by atoms with Gasteiger partial charge in [-0.15, -0.1) is 0 Å². The van der Waals surface area contributed by atoms with Crippen LogP contribution < -0.4 is 0 Å². The van der Waals surface area contributed by atoms with E-state index >= 15 is 0 Å². The highest BCUT2D eigenvalue weighted by molar-refractivity contribution is 4.76. The second-order valence-corrected chi connectivity index (χ2v) is 4.39. The van der Waals surface area contributed by atoms with Gasteiger partial charge in [-0.05, 0) is 25.7 Å². The van der Waals surface area contributed by atoms with Crippen molar-refractivity contribution in [3.8, 4) is 0 Å². The Bertz CT molecular complexity index is 140. The quantitative estimate of drug-likeness (QED) is 0.674. The Morgan fingerprint density at radius 3 is 2.69 bits per heavy atom. The average Bonchev–Trinajstić information content (AvgIpc) is 1.99. The van der Waals surface area contributed by atoms with Crippen molar-refractivity contribution < 1.29 is 10.2 Å². The lowest BCUT2D eigenvalue weighted by Crippen LogP contribution is -2.43. The summed E-state index contributed by atoms with van der Waals surface area (Å²) in [7, 11) is 0. The maximum atomic E-state index is 9.51. The molecular formula is C10H21NO2. The third-order valence-corrected chi connectivity index (χ3v) is 2.58. The van der Waals surface area contributed by atoms with Crippen LogP contribution in [0.4, 0.5) is 0 Å². The van der Waals surface area contributed by atoms with Crippen LogP contribution in [-0.2, 0) is 0 Å². The lowest BCUT2D eigenvalue weighted by molar-refractivity contribution is 0.0373. The monoisotopic (exact) mass is 187 g/mol. The fourth-order valence-corrected chi connectivity index (χ4v) is 1.98. The molecule has 0 spiro atoms. The molecule has 1 fully saturated rings. The molecule has 0 bridgehead atoms. The molecule has 3 heteroatoms. The summed E-state index contributed by atoms with van der Waals surface area (Å²) in [5.74, 6) is 0.581. The fourth-order valence-electron chi connectivity index (χ4n) is 1.98. The van der Waals surface area contributed by atoms with Gasteiger partial charge >= 0.3 is 0 Å². The zero-order valence-corrected chi connectivity index (χ0v) is 8.61. The summed E-state index contributed by atoms with van der Waals surface area (Å²) < 4.78 is 0. The van der Waals surface area contributed by atoms with Crippen LogP contribution in [0.5, 0.6) is 0 Å². The molecule has 13 heavy (non-hydrogen) atoms. The first-order valence-electron chi connectivity index (χ1n) is 5.16. The van der Waals surface area contributed by atoms with E-state index in [1.54, 1.807) is 0 Å². The number of aliphatic hydroxyl groups excluding tert-OH is 2. The van der Waals surface area contributed by atoms with Gasteiger partial charge in [0.25, 0.3) is 0 Å². The SMILES string of the molecule is CC(O)CCN1CC(C)CC(O)C1. The lowest BCUT2D eigenvalue weighted by atomic mass is 9.98. The Labute approximate surface area is 80.4 Å². The van der Waals surface area contributed by atoms with Crippen molar-refractivity contribution >= 4 is 0 Å². The third kappa shape index (κ3) is 4.07. The normalized spacial score (nSPS) is 33.2. The summed E-state index contributed by atoms with van der Waals surface area (Å²) >= 11 is 0. The lowest BCUT2D eigenvalue weighted by Gasteiger charge is -2.34. The topological polar surface area (TPSA) is 43.7 Å². The van der Waals surface area contributed by atoms with E-state index in [1.165, 1.54) is 0 Å². The second-order valence-electron chi connectivity index (χ2n) is 4.39. The predicted molar refractivity (Wildman–Crippen MR) is 52.5 cm³/mol. The van der Waals surface area contributed by atoms with Gasteiger partial charge in [0.1, 0.15) is 0 Å². The largest absolute Gasteiger partial charge is 0.393 e. The number of hydrogen-bond acceptors (Lipinski definition) is 3. The van der Waals surface area contributed by atoms with Crippen molar-refractivity contribution in [3.05, 3.63) is 0 Å². The van der Waals surface area contributed by atoms with Crippen molar-refractivity contribution in [2.45, 2.75) is 38.9 Å². The van der Waals surface area contributed by atoms with E-state index in [0.717, 1.165) is 32.5 Å². The van der Waals surface area contributed by atoms with E-state index in [0.29, 0.717) is 5.92 Å². The maximum absolute atomic E-state index is 9.51. The van der Waals surface area contributed by atoms with Crippen LogP contribution in [0, 0.1) is 5.92 Å². The molecule has 3 unspecified atom stereocenters. The molecule has 0 aromatic heterocycles. The number of β-amino-alcohol motifs (C(OH)–C–C–N with tert-alkyl or cyclic N) is 1. The van der Waals surface area contributed by atoms with Crippen LogP contribution in [0.2, 0.25) is 0 Å². The highest BCUT2D eigenvalue weighted by Crippen LogP contribution is 2.16. The van der Waals surface area contributed by atoms with Gasteiger partial charge in [0.2, 0.25) is 0 Å². The van der Waals surface area contributed by atoms with Gasteiger partial charge in [-0.25, -0.2) is 0 Å². The van der Waals surface area contributed by atoms with Crippen molar-refractivity contribution in [3.63, 3.8) is 0 Å². The number of rotatable bonds is 3. The van der Waals surface area contributed by atoms with Gasteiger partial charge in [-0.2, -0.15) is 0 Å². The average molecular weight is 187 g/mol. The van der Waals surface area contributed by atoms with Crippen LogP contribution in [0.25, 0.3) is 0 Å². The molecule has 1 rings (SSSR count). The number of aliphatic hydroxyl groups is 2. The van der Waals surface area contributed by atoms with Crippen molar-refractivity contribution in [2.75, 3.05) is 19.6 Å². The second kappa shape index (κ2) is 4.94. The highest BCUT2D eigenvalue weighted by atomic mass is 16.3. The van der Waals surface area contributed by atoms with Crippen LogP contribution >= 0.6 is 0 Å². The summed E-state index contributed by atoms with van der Waals surface area (Å²) in [4.78, 5) is 2.24. The predicted octanol–water partition coefficient (Wildman–Crippen LogP) is 0.460. The third-order valence-electron chi connectivity index (χ3n) is 2.58. The molecule has 0 saturated carbocycles. The molecule has 0 amide bonds. The fraction of sp³-hybridized carbons (Fsp3) is 1.00. The minimum Gasteiger partial charge on any atom is -0.393 e. The van der Waals surface area contributed by atoms with Crippen molar-refractivity contribution in [1.29, 1.82) is 0 Å². The Balaban J connectivity index is 2.25. The molecule has 78 valence electrons. The summed E-state index contributed by atoms with van der Waals surface area (Å²) in [5, 5.41) is 18.6. The Morgan fingerprint density at radius 1 is 1.46 bits per heavy atom. The van der Waals surface area contributed by atoms with E-state index in [1.807, 2.05) is 6.92 Å². The Morgan fingerprint density at radius 2 is 2.15 bits per heavy atom. The summed E-state index contributed by atoms with van der Waals surface area (Å²) in [6.07, 6.45) is 1.33. The van der Waals surface area contributed by atoms with Gasteiger partial charge in [0.05, 0.1) is 12.2 Å². The molecule has 1 aliphatic rings. The van der Waals surface area contributed by atoms with Crippen LogP contribution in [0.1, 0.15) is 26.7 Å². The molecule has 1 heterocycles. The van der Waals surface area contributed by atoms with Gasteiger partial charge in [-0.3, -0.25) is 0 Å². The first-order chi connectivity index (χ1) is 6.08. The van der Waals surface area contributed by atoms with E-state index in [2.05, 4.69) is 11.8 Å². The van der Waals surface area contributed by atoms with Gasteiger partial charge < -0.3 is 15.1 Å². The Kier molecular flexibility index (Phi) is 4.16. The molecule has 0 aromatic carbocycles. The molecule has 2 N–H and O–H groups in total. The van der Waals surface area contributed by atoms with E-state index in [-0.39, 0.29) is 12.2 Å². The van der Waals surface area contributed by atoms with Crippen LogP contribution in [0.3, 0.4) is 0 Å². The molecule has 0 radical (unpaired) electrons. The number of likely N-dealkylation sites (tertiary alicyclic amines) is 1. The first-order valence-corrected chi connectivity index (χ1v) is 5.16. The number of piperidine rings is 1. The minimum absolute atomic E-state index is 0.169. The molecule has 0 aromatic rings. The van der Waals surface area contributed by atoms with Crippen LogP contribution in [0.15, 0.2) is 0 Å². The summed E-state index contributed by atoms with van der Waals surface area (Å²) in [6, 6.07) is 0. The highest BCUT2D eigenvalue weighted by Gasteiger charge is 2.22. The zero-order valence-electron chi connectivity index (χ0n) is 8.61. The number of hydrogen-bond donors (Lipinski definition) is 2. The standard InChI is InChI=1S/C10H21NO2/c1-8-5-10(13)7-11(6-8)4-3-9(2)12/h8-10,12-13H,3-7H2,1-2H3. The van der Waals surface area contributed by atoms with Crippen molar-refractivity contribution in [1.82, 2.24) is 4.90 Å². The maximum Gasteiger partial charge on any atom is 0.0670 e. The van der Waals surface area contributed by atoms with E-state index < -0.39 is 0 Å². The Hall–Kier alpha value is -0.120. The van der Waals surface area contributed by atoms with E-state index in [4.69, 9.17) is 5.11 Å². The molecule has 3 atom stereocenters. The van der Waals surface area contributed by atoms with Gasteiger partial charge in [0.15, 0.2) is 0 Å². The summed E-state index contributed by atoms with van der Waals surface area (Å²) in [5.41, 5.74) is 0. The van der Waals surface area contributed by atoms with Gasteiger partial charge in [-0.1, -0.05) is 6.92 Å². The number of nitrogens with zero attached hydrogens (tertiary/aromatic N) is 1. The van der Waals surface area contributed by atoms with E-state index in [9.17, 15) is 5.11 Å². The minimum atomic E-state index is -0.227. The molecular weight excluding hydrogens is 166 g/mol. The van der Waals surface area contributed by atoms with Crippen LogP contribution in [-0.4, -0.2) is 47.0 Å².